The highest BCUT2D eigenvalue weighted by molar-refractivity contribution is 5.37. The van der Waals surface area contributed by atoms with Crippen LogP contribution in [0.1, 0.15) is 18.2 Å². The Morgan fingerprint density at radius 3 is 2.83 bits per heavy atom. The minimum atomic E-state index is -0.414. The zero-order chi connectivity index (χ0) is 13.5. The molecule has 18 heavy (non-hydrogen) atoms. The van der Waals surface area contributed by atoms with E-state index in [1.807, 2.05) is 6.92 Å². The summed E-state index contributed by atoms with van der Waals surface area (Å²) in [6.07, 6.45) is 2.01. The van der Waals surface area contributed by atoms with Crippen LogP contribution in [0.5, 0.6) is 0 Å². The molecule has 6 heteroatoms. The van der Waals surface area contributed by atoms with Crippen molar-refractivity contribution in [2.45, 2.75) is 26.3 Å². The van der Waals surface area contributed by atoms with Gasteiger partial charge in [-0.3, -0.25) is 15.1 Å². The zero-order valence-electron chi connectivity index (χ0n) is 11.0. The summed E-state index contributed by atoms with van der Waals surface area (Å²) in [5.41, 5.74) is 1.53. The van der Waals surface area contributed by atoms with Crippen molar-refractivity contribution in [2.75, 3.05) is 20.3 Å². The van der Waals surface area contributed by atoms with Crippen molar-refractivity contribution in [1.29, 1.82) is 0 Å². The number of pyridine rings is 1. The predicted molar refractivity (Wildman–Crippen MR) is 68.7 cm³/mol. The first-order chi connectivity index (χ1) is 8.58. The van der Waals surface area contributed by atoms with Gasteiger partial charge in [0.15, 0.2) is 0 Å². The lowest BCUT2D eigenvalue weighted by Crippen LogP contribution is -2.35. The minimum Gasteiger partial charge on any atom is -0.383 e. The molecule has 0 saturated carbocycles. The van der Waals surface area contributed by atoms with Crippen LogP contribution in [0.2, 0.25) is 0 Å². The van der Waals surface area contributed by atoms with Gasteiger partial charge in [-0.2, -0.15) is 0 Å². The number of methoxy groups -OCH3 is 1. The van der Waals surface area contributed by atoms with Crippen molar-refractivity contribution in [1.82, 2.24) is 10.3 Å². The van der Waals surface area contributed by atoms with Gasteiger partial charge in [-0.25, -0.2) is 0 Å². The summed E-state index contributed by atoms with van der Waals surface area (Å²) >= 11 is 0. The zero-order valence-corrected chi connectivity index (χ0v) is 11.0. The maximum atomic E-state index is 10.7. The lowest BCUT2D eigenvalue weighted by atomic mass is 10.1. The quantitative estimate of drug-likeness (QED) is 0.588. The van der Waals surface area contributed by atoms with Crippen LogP contribution in [0.25, 0.3) is 0 Å². The molecule has 0 aliphatic heterocycles. The molecule has 1 aromatic rings. The van der Waals surface area contributed by atoms with Crippen molar-refractivity contribution >= 4 is 5.69 Å². The molecular formula is C12H19N3O3. The topological polar surface area (TPSA) is 77.3 Å². The number of aromatic nitrogens is 1. The van der Waals surface area contributed by atoms with E-state index in [9.17, 15) is 10.1 Å². The van der Waals surface area contributed by atoms with Gasteiger partial charge in [0.05, 0.1) is 11.5 Å². The first-order valence-corrected chi connectivity index (χ1v) is 5.90. The molecule has 0 aromatic carbocycles. The Kier molecular flexibility index (Phi) is 5.67. The molecule has 0 amide bonds. The summed E-state index contributed by atoms with van der Waals surface area (Å²) in [4.78, 5) is 14.4. The largest absolute Gasteiger partial charge is 0.383 e. The number of nitrogens with zero attached hydrogens (tertiary/aromatic N) is 2. The predicted octanol–water partition coefficient (Wildman–Crippen LogP) is 1.47. The van der Waals surface area contributed by atoms with E-state index in [-0.39, 0.29) is 11.7 Å². The maximum absolute atomic E-state index is 10.7. The third-order valence-corrected chi connectivity index (χ3v) is 2.65. The highest BCUT2D eigenvalue weighted by Crippen LogP contribution is 2.17. The lowest BCUT2D eigenvalue weighted by Gasteiger charge is -2.16. The number of nitrogens with one attached hydrogen (secondary N) is 1. The third-order valence-electron chi connectivity index (χ3n) is 2.65. The van der Waals surface area contributed by atoms with Gasteiger partial charge in [0.1, 0.15) is 6.20 Å². The van der Waals surface area contributed by atoms with Gasteiger partial charge in [-0.1, -0.05) is 6.92 Å². The molecule has 1 atom stereocenters. The van der Waals surface area contributed by atoms with Gasteiger partial charge in [0.2, 0.25) is 0 Å². The summed E-state index contributed by atoms with van der Waals surface area (Å²) in [6, 6.07) is 1.94. The standard InChI is InChI=1S/C12H19N3O3/c1-4-13-11(8-18-3)6-10-5-9(2)12(7-14-10)15(16)17/h5,7,11,13H,4,6,8H2,1-3H3. The Morgan fingerprint density at radius 2 is 2.33 bits per heavy atom. The molecule has 1 N–H and O–H groups in total. The van der Waals surface area contributed by atoms with E-state index in [0.717, 1.165) is 12.2 Å². The molecule has 0 saturated heterocycles. The number of likely N-dealkylation sites (N-methyl/N-ethyl adjacent to an activating group) is 1. The molecule has 0 radical (unpaired) electrons. The molecule has 0 fully saturated rings. The van der Waals surface area contributed by atoms with Gasteiger partial charge in [0, 0.05) is 30.8 Å². The molecule has 1 aromatic heterocycles. The molecule has 100 valence electrons. The van der Waals surface area contributed by atoms with Crippen LogP contribution in [0, 0.1) is 17.0 Å². The van der Waals surface area contributed by atoms with Crippen molar-refractivity contribution in [3.63, 3.8) is 0 Å². The average Bonchev–Trinajstić information content (AvgIpc) is 2.29. The van der Waals surface area contributed by atoms with Crippen LogP contribution >= 0.6 is 0 Å². The molecule has 1 rings (SSSR count). The molecule has 0 aliphatic carbocycles. The smallest absolute Gasteiger partial charge is 0.290 e. The second kappa shape index (κ2) is 7.03. The summed E-state index contributed by atoms with van der Waals surface area (Å²) in [5, 5.41) is 14.0. The molecule has 1 heterocycles. The monoisotopic (exact) mass is 253 g/mol. The normalized spacial score (nSPS) is 12.4. The summed E-state index contributed by atoms with van der Waals surface area (Å²) in [7, 11) is 1.65. The van der Waals surface area contributed by atoms with E-state index < -0.39 is 4.92 Å². The van der Waals surface area contributed by atoms with Crippen molar-refractivity contribution in [3.05, 3.63) is 33.6 Å². The van der Waals surface area contributed by atoms with Crippen molar-refractivity contribution in [2.24, 2.45) is 0 Å². The fourth-order valence-electron chi connectivity index (χ4n) is 1.84. The van der Waals surface area contributed by atoms with Gasteiger partial charge in [0.25, 0.3) is 5.69 Å². The van der Waals surface area contributed by atoms with Crippen LogP contribution in [0.3, 0.4) is 0 Å². The number of aryl methyl sites for hydroxylation is 1. The van der Waals surface area contributed by atoms with Crippen molar-refractivity contribution in [3.8, 4) is 0 Å². The van der Waals surface area contributed by atoms with Crippen LogP contribution in [-0.4, -0.2) is 36.2 Å². The Balaban J connectivity index is 2.77. The first-order valence-electron chi connectivity index (χ1n) is 5.90. The van der Waals surface area contributed by atoms with Gasteiger partial charge >= 0.3 is 0 Å². The van der Waals surface area contributed by atoms with E-state index in [0.29, 0.717) is 18.6 Å². The van der Waals surface area contributed by atoms with Gasteiger partial charge < -0.3 is 10.1 Å². The van der Waals surface area contributed by atoms with Crippen LogP contribution in [-0.2, 0) is 11.2 Å². The highest BCUT2D eigenvalue weighted by atomic mass is 16.6. The molecule has 0 bridgehead atoms. The van der Waals surface area contributed by atoms with Gasteiger partial charge in [-0.15, -0.1) is 0 Å². The summed E-state index contributed by atoms with van der Waals surface area (Å²) in [5.74, 6) is 0. The van der Waals surface area contributed by atoms with E-state index in [1.54, 1.807) is 20.1 Å². The fourth-order valence-corrected chi connectivity index (χ4v) is 1.84. The second-order valence-electron chi connectivity index (χ2n) is 4.13. The summed E-state index contributed by atoms with van der Waals surface area (Å²) < 4.78 is 5.12. The number of hydrogen-bond donors (Lipinski definition) is 1. The average molecular weight is 253 g/mol. The highest BCUT2D eigenvalue weighted by Gasteiger charge is 2.14. The number of rotatable bonds is 7. The lowest BCUT2D eigenvalue weighted by molar-refractivity contribution is -0.385. The fraction of sp³-hybridized carbons (Fsp3) is 0.583. The van der Waals surface area contributed by atoms with Gasteiger partial charge in [-0.05, 0) is 19.5 Å². The molecule has 0 spiro atoms. The van der Waals surface area contributed by atoms with E-state index in [4.69, 9.17) is 4.74 Å². The molecule has 1 unspecified atom stereocenters. The maximum Gasteiger partial charge on any atom is 0.290 e. The summed E-state index contributed by atoms with van der Waals surface area (Å²) in [6.45, 7) is 5.19. The molecule has 0 aliphatic rings. The Bertz CT molecular complexity index is 404. The van der Waals surface area contributed by atoms with Crippen LogP contribution < -0.4 is 5.32 Å². The van der Waals surface area contributed by atoms with Crippen molar-refractivity contribution < 1.29 is 9.66 Å². The van der Waals surface area contributed by atoms with Crippen LogP contribution in [0.4, 0.5) is 5.69 Å². The Labute approximate surface area is 107 Å². The third kappa shape index (κ3) is 4.05. The number of ether oxygens (including phenoxy) is 1. The number of hydrogen-bond acceptors (Lipinski definition) is 5. The Morgan fingerprint density at radius 1 is 1.61 bits per heavy atom. The number of nitro groups is 1. The van der Waals surface area contributed by atoms with Crippen LogP contribution in [0.15, 0.2) is 12.3 Å². The van der Waals surface area contributed by atoms with E-state index in [2.05, 4.69) is 10.3 Å². The minimum absolute atomic E-state index is 0.0606. The first kappa shape index (κ1) is 14.5. The second-order valence-corrected chi connectivity index (χ2v) is 4.13. The van der Waals surface area contributed by atoms with E-state index >= 15 is 0 Å². The Hall–Kier alpha value is -1.53. The molecular weight excluding hydrogens is 234 g/mol. The van der Waals surface area contributed by atoms with E-state index in [1.165, 1.54) is 6.20 Å². The molecule has 6 nitrogen and oxygen atoms in total. The SMILES string of the molecule is CCNC(COC)Cc1cc(C)c([N+](=O)[O-])cn1.